The van der Waals surface area contributed by atoms with Crippen LogP contribution in [0.1, 0.15) is 0 Å². The molecule has 14 aromatic rings. The predicted molar refractivity (Wildman–Crippen MR) is 317 cm³/mol. The molecule has 0 amide bonds. The summed E-state index contributed by atoms with van der Waals surface area (Å²) in [5, 5.41) is 4.47. The highest BCUT2D eigenvalue weighted by atomic mass is 16.3. The lowest BCUT2D eigenvalue weighted by atomic mass is 10.0. The Bertz CT molecular complexity index is 3950. The van der Waals surface area contributed by atoms with Crippen molar-refractivity contribution in [1.82, 2.24) is 4.57 Å². The van der Waals surface area contributed by atoms with Crippen molar-refractivity contribution < 1.29 is 9.32 Å². The molecule has 4 heteroatoms. The largest absolute Gasteiger partial charge is 0.454 e. The predicted octanol–water partition coefficient (Wildman–Crippen LogP) is 19.0. The summed E-state index contributed by atoms with van der Waals surface area (Å²) in [4.78, 5) is 3.55. The fraction of sp³-hybridized carbons (Fsp3) is 0. The van der Waals surface area contributed by atoms with E-state index in [0.717, 1.165) is 88.5 Å². The first-order chi connectivity index (χ1) is 37.7. The Kier molecular flexibility index (Phi) is 11.2. The van der Waals surface area contributed by atoms with Crippen molar-refractivity contribution in [2.75, 3.05) is 4.90 Å². The molecule has 0 atom stereocenters. The maximum Gasteiger partial charge on any atom is 0.159 e. The second-order valence-electron chi connectivity index (χ2n) is 19.4. The summed E-state index contributed by atoms with van der Waals surface area (Å²) in [7, 11) is 0. The number of para-hydroxylation sites is 2. The van der Waals surface area contributed by atoms with Crippen LogP contribution in [0.2, 0.25) is 0 Å². The van der Waals surface area contributed by atoms with Gasteiger partial charge in [-0.15, -0.1) is 0 Å². The van der Waals surface area contributed by atoms with Gasteiger partial charge in [0.05, 0.1) is 16.7 Å². The van der Waals surface area contributed by atoms with Crippen LogP contribution in [0.5, 0.6) is 0 Å². The van der Waals surface area contributed by atoms with E-state index in [1.807, 2.05) is 6.07 Å². The lowest BCUT2D eigenvalue weighted by Crippen LogP contribution is -2.96. The molecule has 0 aliphatic heterocycles. The topological polar surface area (TPSA) is 25.8 Å². The number of anilines is 3. The molecule has 14 rings (SSSR count). The monoisotopic (exact) mass is 972 g/mol. The molecule has 0 spiro atoms. The van der Waals surface area contributed by atoms with Gasteiger partial charge in [0, 0.05) is 75.0 Å². The molecule has 1 N–H and O–H groups in total. The third kappa shape index (κ3) is 8.11. The van der Waals surface area contributed by atoms with Gasteiger partial charge in [-0.3, -0.25) is 0 Å². The van der Waals surface area contributed by atoms with Gasteiger partial charge in [0.1, 0.15) is 22.6 Å². The Morgan fingerprint density at radius 3 is 1.16 bits per heavy atom. The zero-order valence-electron chi connectivity index (χ0n) is 41.6. The van der Waals surface area contributed by atoms with E-state index < -0.39 is 0 Å². The summed E-state index contributed by atoms with van der Waals surface area (Å²) in [6.07, 6.45) is 0. The summed E-state index contributed by atoms with van der Waals surface area (Å²) in [6, 6.07) is 107. The van der Waals surface area contributed by atoms with E-state index in [1.165, 1.54) is 44.5 Å². The van der Waals surface area contributed by atoms with Gasteiger partial charge >= 0.3 is 0 Å². The van der Waals surface area contributed by atoms with E-state index >= 15 is 0 Å². The minimum atomic E-state index is 0.860. The van der Waals surface area contributed by atoms with Crippen LogP contribution in [0.3, 0.4) is 0 Å². The molecule has 0 saturated heterocycles. The highest BCUT2D eigenvalue weighted by Gasteiger charge is 2.25. The zero-order chi connectivity index (χ0) is 50.4. The quantitative estimate of drug-likeness (QED) is 0.140. The number of nitrogens with one attached hydrogen (secondary N) is 1. The number of aromatic nitrogens is 1. The van der Waals surface area contributed by atoms with Crippen molar-refractivity contribution in [1.29, 1.82) is 0 Å². The maximum absolute atomic E-state index is 6.79. The van der Waals surface area contributed by atoms with Gasteiger partial charge in [-0.1, -0.05) is 176 Å². The van der Waals surface area contributed by atoms with Gasteiger partial charge in [0.15, 0.2) is 5.58 Å². The number of hydrogen-bond acceptors (Lipinski definition) is 2. The van der Waals surface area contributed by atoms with Crippen LogP contribution in [0.25, 0.3) is 93.9 Å². The van der Waals surface area contributed by atoms with Crippen molar-refractivity contribution >= 4 is 77.9 Å². The normalized spacial score (nSPS) is 11.5. The molecule has 0 radical (unpaired) electrons. The number of furan rings is 1. The molecule has 0 aliphatic rings. The van der Waals surface area contributed by atoms with Gasteiger partial charge in [-0.05, 0) is 129 Å². The molecular weight excluding hydrogens is 923 g/mol. The molecule has 0 unspecified atom stereocenters. The lowest BCUT2D eigenvalue weighted by Gasteiger charge is -2.26. The average molecular weight is 973 g/mol. The number of nitrogens with zero attached hydrogens (tertiary/aromatic N) is 2. The van der Waals surface area contributed by atoms with Crippen LogP contribution < -0.4 is 9.80 Å². The summed E-state index contributed by atoms with van der Waals surface area (Å²) >= 11 is 0. The molecule has 76 heavy (non-hydrogen) atoms. The standard InChI is InChI=1S/C72H49N3O/c1-5-16-50(17-6-1)54-28-36-58(37-29-54)73(59-38-30-55(31-39-59)51-18-7-2-8-19-51)62-44-46-68-66(48-62)67-49-63(45-47-69(67)75(68)70-26-15-25-65-64-24-13-14-27-71(64)76-72(65)70)74(60-40-32-56(33-41-60)52-20-9-3-10-21-52)61-42-34-57(35-43-61)53-22-11-4-12-23-53/h1-49H/p+1. The van der Waals surface area contributed by atoms with Crippen molar-refractivity contribution in [3.63, 3.8) is 0 Å². The van der Waals surface area contributed by atoms with Gasteiger partial charge in [0.2, 0.25) is 0 Å². The fourth-order valence-electron chi connectivity index (χ4n) is 11.2. The van der Waals surface area contributed by atoms with Crippen LogP contribution in [-0.4, -0.2) is 4.57 Å². The summed E-state index contributed by atoms with van der Waals surface area (Å²) < 4.78 is 9.20. The SMILES string of the molecule is c1ccc(-c2ccc(N(c3ccc(-c4ccccc4)cc3)c3ccc4c(c3)c3cc([NH+](c5ccc(-c6ccccc6)cc5)c5ccc(-c6ccccc6)cc5)ccc3n4-c3cccc4c3oc3ccccc34)cc2)cc1. The van der Waals surface area contributed by atoms with Gasteiger partial charge in [-0.25, -0.2) is 4.90 Å². The second-order valence-corrected chi connectivity index (χ2v) is 19.4. The van der Waals surface area contributed by atoms with Crippen molar-refractivity contribution in [2.45, 2.75) is 0 Å². The van der Waals surface area contributed by atoms with Crippen molar-refractivity contribution in [2.24, 2.45) is 0 Å². The molecule has 0 aliphatic carbocycles. The molecule has 2 heterocycles. The summed E-state index contributed by atoms with van der Waals surface area (Å²) in [6.45, 7) is 0. The van der Waals surface area contributed by atoms with Crippen LogP contribution in [0.4, 0.5) is 34.1 Å². The van der Waals surface area contributed by atoms with E-state index in [9.17, 15) is 0 Å². The van der Waals surface area contributed by atoms with E-state index in [-0.39, 0.29) is 0 Å². The Hall–Kier alpha value is -10.0. The van der Waals surface area contributed by atoms with Crippen molar-refractivity contribution in [3.05, 3.63) is 297 Å². The fourth-order valence-corrected chi connectivity index (χ4v) is 11.2. The number of rotatable bonds is 11. The van der Waals surface area contributed by atoms with Crippen LogP contribution in [-0.2, 0) is 0 Å². The first kappa shape index (κ1) is 44.7. The number of fused-ring (bicyclic) bond motifs is 6. The molecule has 12 aromatic carbocycles. The smallest absolute Gasteiger partial charge is 0.159 e. The Balaban J connectivity index is 0.980. The lowest BCUT2D eigenvalue weighted by molar-refractivity contribution is -0.681. The Morgan fingerprint density at radius 2 is 0.658 bits per heavy atom. The minimum absolute atomic E-state index is 0.860. The highest BCUT2D eigenvalue weighted by Crippen LogP contribution is 2.43. The van der Waals surface area contributed by atoms with Crippen LogP contribution in [0, 0.1) is 0 Å². The van der Waals surface area contributed by atoms with Gasteiger partial charge in [0.25, 0.3) is 0 Å². The van der Waals surface area contributed by atoms with Gasteiger partial charge < -0.3 is 13.9 Å². The Morgan fingerprint density at radius 1 is 0.276 bits per heavy atom. The van der Waals surface area contributed by atoms with Gasteiger partial charge in [-0.2, -0.15) is 0 Å². The molecule has 0 bridgehead atoms. The minimum Gasteiger partial charge on any atom is -0.454 e. The molecular formula is C72H50N3O+. The molecule has 358 valence electrons. The van der Waals surface area contributed by atoms with E-state index in [1.54, 1.807) is 0 Å². The Labute approximate surface area is 441 Å². The van der Waals surface area contributed by atoms with E-state index in [4.69, 9.17) is 4.42 Å². The number of quaternary nitrogens is 1. The molecule has 2 aromatic heterocycles. The van der Waals surface area contributed by atoms with E-state index in [2.05, 4.69) is 301 Å². The first-order valence-corrected chi connectivity index (χ1v) is 26.0. The molecule has 4 nitrogen and oxygen atoms in total. The molecule has 0 fully saturated rings. The maximum atomic E-state index is 6.79. The number of hydrogen-bond donors (Lipinski definition) is 1. The first-order valence-electron chi connectivity index (χ1n) is 26.0. The van der Waals surface area contributed by atoms with Crippen molar-refractivity contribution in [3.8, 4) is 50.2 Å². The third-order valence-corrected chi connectivity index (χ3v) is 14.9. The summed E-state index contributed by atoms with van der Waals surface area (Å²) in [5.74, 6) is 0. The average Bonchev–Trinajstić information content (AvgIpc) is 4.05. The second kappa shape index (κ2) is 19.1. The van der Waals surface area contributed by atoms with E-state index in [0.29, 0.717) is 0 Å². The van der Waals surface area contributed by atoms with Crippen LogP contribution >= 0.6 is 0 Å². The summed E-state index contributed by atoms with van der Waals surface area (Å²) in [5.41, 5.74) is 21.0. The van der Waals surface area contributed by atoms with Crippen LogP contribution in [0.15, 0.2) is 302 Å². The highest BCUT2D eigenvalue weighted by molar-refractivity contribution is 6.14. The molecule has 0 saturated carbocycles. The zero-order valence-corrected chi connectivity index (χ0v) is 41.6. The third-order valence-electron chi connectivity index (χ3n) is 14.9. The number of benzene rings is 12.